The topological polar surface area (TPSA) is 80.7 Å². The number of methoxy groups -OCH3 is 2. The zero-order valence-corrected chi connectivity index (χ0v) is 22.4. The molecule has 0 saturated carbocycles. The van der Waals surface area contributed by atoms with E-state index in [-0.39, 0.29) is 24.6 Å². The average Bonchev–Trinajstić information content (AvgIpc) is 3.54. The lowest BCUT2D eigenvalue weighted by Crippen LogP contribution is -2.30. The Hall–Kier alpha value is -3.92. The summed E-state index contributed by atoms with van der Waals surface area (Å²) in [5.74, 6) is 0.460. The highest BCUT2D eigenvalue weighted by atomic mass is 35.5. The summed E-state index contributed by atoms with van der Waals surface area (Å²) >= 11 is 12.5. The van der Waals surface area contributed by atoms with Crippen LogP contribution in [0.1, 0.15) is 23.5 Å². The molecule has 5 rings (SSSR count). The predicted octanol–water partition coefficient (Wildman–Crippen LogP) is 5.30. The minimum absolute atomic E-state index is 0.0635. The predicted molar refractivity (Wildman–Crippen MR) is 152 cm³/mol. The van der Waals surface area contributed by atoms with Gasteiger partial charge in [-0.25, -0.2) is 0 Å². The van der Waals surface area contributed by atoms with E-state index in [0.717, 1.165) is 28.5 Å². The van der Waals surface area contributed by atoms with Crippen LogP contribution in [-0.2, 0) is 9.53 Å². The Kier molecular flexibility index (Phi) is 7.59. The molecule has 0 spiro atoms. The summed E-state index contributed by atoms with van der Waals surface area (Å²) in [6.45, 7) is -0.0635. The highest BCUT2D eigenvalue weighted by Crippen LogP contribution is 2.44. The lowest BCUT2D eigenvalue weighted by molar-refractivity contribution is -0.119. The molecule has 10 heteroatoms. The third-order valence-corrected chi connectivity index (χ3v) is 6.93. The largest absolute Gasteiger partial charge is 0.495 e. The highest BCUT2D eigenvalue weighted by Gasteiger charge is 2.42. The number of para-hydroxylation sites is 2. The highest BCUT2D eigenvalue weighted by molar-refractivity contribution is 7.80. The smallest absolute Gasteiger partial charge is 0.250 e. The second-order valence-electron chi connectivity index (χ2n) is 8.62. The van der Waals surface area contributed by atoms with Crippen LogP contribution in [0, 0.1) is 0 Å². The van der Waals surface area contributed by atoms with Gasteiger partial charge in [-0.3, -0.25) is 9.78 Å². The Balaban J connectivity index is 1.60. The molecule has 2 aromatic carbocycles. The molecule has 0 aliphatic carbocycles. The van der Waals surface area contributed by atoms with Gasteiger partial charge in [0, 0.05) is 30.9 Å². The van der Waals surface area contributed by atoms with Crippen LogP contribution in [0.4, 0.5) is 11.4 Å². The quantitative estimate of drug-likeness (QED) is 0.290. The molecule has 38 heavy (non-hydrogen) atoms. The van der Waals surface area contributed by atoms with Crippen LogP contribution >= 0.6 is 23.8 Å². The molecule has 1 aliphatic heterocycles. The van der Waals surface area contributed by atoms with Gasteiger partial charge < -0.3 is 29.6 Å². The van der Waals surface area contributed by atoms with Gasteiger partial charge in [0.2, 0.25) is 5.91 Å². The van der Waals surface area contributed by atoms with Crippen LogP contribution in [-0.4, -0.2) is 41.4 Å². The first-order chi connectivity index (χ1) is 18.5. The lowest BCUT2D eigenvalue weighted by atomic mass is 10.0. The first kappa shape index (κ1) is 25.7. The summed E-state index contributed by atoms with van der Waals surface area (Å²) in [5, 5.41) is 7.15. The number of benzene rings is 2. The van der Waals surface area contributed by atoms with Gasteiger partial charge >= 0.3 is 0 Å². The first-order valence-electron chi connectivity index (χ1n) is 11.9. The summed E-state index contributed by atoms with van der Waals surface area (Å²) in [6, 6.07) is 22.7. The maximum absolute atomic E-state index is 12.0. The number of hydrogen-bond acceptors (Lipinski definition) is 5. The van der Waals surface area contributed by atoms with Crippen LogP contribution in [0.25, 0.3) is 5.69 Å². The van der Waals surface area contributed by atoms with Gasteiger partial charge in [0.25, 0.3) is 0 Å². The zero-order valence-electron chi connectivity index (χ0n) is 20.8. The van der Waals surface area contributed by atoms with E-state index in [1.807, 2.05) is 65.7 Å². The number of halogens is 1. The van der Waals surface area contributed by atoms with Crippen molar-refractivity contribution in [1.29, 1.82) is 0 Å². The van der Waals surface area contributed by atoms with E-state index in [4.69, 9.17) is 33.3 Å². The Morgan fingerprint density at radius 3 is 2.66 bits per heavy atom. The molecule has 0 bridgehead atoms. The molecule has 3 heterocycles. The molecule has 0 unspecified atom stereocenters. The number of carbonyl (C=O) groups excluding carboxylic acids is 1. The van der Waals surface area contributed by atoms with Crippen molar-refractivity contribution in [3.8, 4) is 11.4 Å². The van der Waals surface area contributed by atoms with Crippen LogP contribution in [0.15, 0.2) is 85.2 Å². The summed E-state index contributed by atoms with van der Waals surface area (Å²) in [7, 11) is 3.12. The average molecular weight is 548 g/mol. The Bertz CT molecular complexity index is 1460. The lowest BCUT2D eigenvalue weighted by Gasteiger charge is -2.29. The summed E-state index contributed by atoms with van der Waals surface area (Å²) in [6.07, 6.45) is 3.77. The number of aromatic nitrogens is 2. The minimum atomic E-state index is -0.289. The van der Waals surface area contributed by atoms with Gasteiger partial charge in [0.1, 0.15) is 18.4 Å². The van der Waals surface area contributed by atoms with E-state index in [1.54, 1.807) is 25.4 Å². The van der Waals surface area contributed by atoms with Crippen molar-refractivity contribution in [3.63, 3.8) is 0 Å². The van der Waals surface area contributed by atoms with Gasteiger partial charge in [-0.05, 0) is 66.8 Å². The monoisotopic (exact) mass is 547 g/mol. The number of ether oxygens (including phenoxy) is 2. The SMILES string of the molecule is COCC(=O)Nc1ccc(N2C(=S)N[C@H](c3ccccn3)[C@H]2c2cccn2-c2ccccc2OC)cc1Cl. The number of anilines is 2. The van der Waals surface area contributed by atoms with Gasteiger partial charge in [-0.15, -0.1) is 0 Å². The van der Waals surface area contributed by atoms with E-state index < -0.39 is 0 Å². The maximum atomic E-state index is 12.0. The van der Waals surface area contributed by atoms with Crippen LogP contribution < -0.4 is 20.3 Å². The molecule has 2 aromatic heterocycles. The molecule has 2 atom stereocenters. The second-order valence-corrected chi connectivity index (χ2v) is 9.41. The van der Waals surface area contributed by atoms with Crippen LogP contribution in [0.2, 0.25) is 5.02 Å². The summed E-state index contributed by atoms with van der Waals surface area (Å²) in [4.78, 5) is 18.7. The van der Waals surface area contributed by atoms with Crippen molar-refractivity contribution in [3.05, 3.63) is 102 Å². The molecule has 1 fully saturated rings. The Labute approximate surface area is 231 Å². The van der Waals surface area contributed by atoms with Crippen LogP contribution in [0.5, 0.6) is 5.75 Å². The zero-order chi connectivity index (χ0) is 26.6. The van der Waals surface area contributed by atoms with Crippen molar-refractivity contribution in [1.82, 2.24) is 14.9 Å². The van der Waals surface area contributed by atoms with Crippen molar-refractivity contribution in [2.45, 2.75) is 12.1 Å². The molecule has 1 aliphatic rings. The van der Waals surface area contributed by atoms with Gasteiger partial charge in [0.05, 0.1) is 35.2 Å². The fourth-order valence-corrected chi connectivity index (χ4v) is 5.26. The molecular weight excluding hydrogens is 522 g/mol. The Morgan fingerprint density at radius 2 is 1.92 bits per heavy atom. The number of rotatable bonds is 8. The molecule has 8 nitrogen and oxygen atoms in total. The van der Waals surface area contributed by atoms with Gasteiger partial charge in [-0.2, -0.15) is 0 Å². The molecule has 0 radical (unpaired) electrons. The van der Waals surface area contributed by atoms with Gasteiger partial charge in [-0.1, -0.05) is 29.8 Å². The Morgan fingerprint density at radius 1 is 1.11 bits per heavy atom. The number of hydrogen-bond donors (Lipinski definition) is 2. The fraction of sp³-hybridized carbons (Fsp3) is 0.179. The molecule has 2 N–H and O–H groups in total. The number of nitrogens with zero attached hydrogens (tertiary/aromatic N) is 3. The van der Waals surface area contributed by atoms with Crippen molar-refractivity contribution in [2.75, 3.05) is 31.0 Å². The van der Waals surface area contributed by atoms with E-state index >= 15 is 0 Å². The molecular formula is C28H26ClN5O3S. The molecule has 194 valence electrons. The third-order valence-electron chi connectivity index (χ3n) is 6.31. The number of amides is 1. The summed E-state index contributed by atoms with van der Waals surface area (Å²) in [5.41, 5.74) is 4.00. The van der Waals surface area contributed by atoms with Crippen LogP contribution in [0.3, 0.4) is 0 Å². The molecule has 4 aromatic rings. The van der Waals surface area contributed by atoms with Crippen molar-refractivity contribution < 1.29 is 14.3 Å². The molecule has 1 amide bonds. The normalized spacial score (nSPS) is 16.8. The maximum Gasteiger partial charge on any atom is 0.250 e. The minimum Gasteiger partial charge on any atom is -0.495 e. The van der Waals surface area contributed by atoms with E-state index in [0.29, 0.717) is 15.8 Å². The molecule has 1 saturated heterocycles. The second kappa shape index (κ2) is 11.2. The van der Waals surface area contributed by atoms with E-state index in [2.05, 4.69) is 26.3 Å². The third kappa shape index (κ3) is 4.96. The number of nitrogens with one attached hydrogen (secondary N) is 2. The standard InChI is InChI=1S/C28H26ClN5O3S/c1-36-17-25(35)31-20-13-12-18(16-19(20)29)34-27(26(32-28(34)38)21-8-5-6-14-30-21)23-10-7-15-33(23)22-9-3-4-11-24(22)37-2/h3-16,26-27H,17H2,1-2H3,(H,31,35)(H,32,38)/t26-,27-/m1/s1. The van der Waals surface area contributed by atoms with E-state index in [1.165, 1.54) is 7.11 Å². The van der Waals surface area contributed by atoms with Gasteiger partial charge in [0.15, 0.2) is 5.11 Å². The first-order valence-corrected chi connectivity index (χ1v) is 12.7. The fourth-order valence-electron chi connectivity index (χ4n) is 4.69. The van der Waals surface area contributed by atoms with Crippen molar-refractivity contribution in [2.24, 2.45) is 0 Å². The van der Waals surface area contributed by atoms with Crippen molar-refractivity contribution >= 4 is 46.2 Å². The number of pyridine rings is 1. The summed E-state index contributed by atoms with van der Waals surface area (Å²) < 4.78 is 12.7. The van der Waals surface area contributed by atoms with E-state index in [9.17, 15) is 4.79 Å². The number of carbonyl (C=O) groups is 1. The number of thiocarbonyl (C=S) groups is 1.